The van der Waals surface area contributed by atoms with Crippen molar-refractivity contribution in [3.63, 3.8) is 0 Å². The summed E-state index contributed by atoms with van der Waals surface area (Å²) in [6.45, 7) is 2.79. The summed E-state index contributed by atoms with van der Waals surface area (Å²) in [7, 11) is 0. The van der Waals surface area contributed by atoms with Gasteiger partial charge in [-0.3, -0.25) is 4.79 Å². The Balaban J connectivity index is 1.89. The van der Waals surface area contributed by atoms with E-state index < -0.39 is 0 Å². The summed E-state index contributed by atoms with van der Waals surface area (Å²) in [5, 5.41) is 0.632. The minimum Gasteiger partial charge on any atom is -0.381 e. The quantitative estimate of drug-likeness (QED) is 0.796. The fourth-order valence-electron chi connectivity index (χ4n) is 1.68. The van der Waals surface area contributed by atoms with E-state index >= 15 is 0 Å². The third kappa shape index (κ3) is 3.09. The predicted molar refractivity (Wildman–Crippen MR) is 67.6 cm³/mol. The Morgan fingerprint density at radius 2 is 2.24 bits per heavy atom. The maximum absolute atomic E-state index is 12.0. The molecule has 92 valence electrons. The Bertz CT molecular complexity index is 408. The highest BCUT2D eigenvalue weighted by Crippen LogP contribution is 2.28. The first-order chi connectivity index (χ1) is 8.22. The Morgan fingerprint density at radius 3 is 2.82 bits per heavy atom. The number of nitrogens with zero attached hydrogens (tertiary/aromatic N) is 3. The summed E-state index contributed by atoms with van der Waals surface area (Å²) in [6, 6.07) is 0.465. The molecule has 1 amide bonds. The molecule has 17 heavy (non-hydrogen) atoms. The number of aromatic nitrogens is 2. The number of nitrogen functional groups attached to an aromatic ring is 1. The number of rotatable bonds is 5. The molecule has 2 rings (SSSR count). The van der Waals surface area contributed by atoms with Crippen molar-refractivity contribution in [3.05, 3.63) is 12.4 Å². The van der Waals surface area contributed by atoms with Crippen LogP contribution in [0.1, 0.15) is 19.8 Å². The topological polar surface area (TPSA) is 72.1 Å². The maximum atomic E-state index is 12.0. The van der Waals surface area contributed by atoms with Crippen molar-refractivity contribution in [1.29, 1.82) is 0 Å². The van der Waals surface area contributed by atoms with E-state index in [1.807, 2.05) is 11.8 Å². The molecule has 2 N–H and O–H groups in total. The van der Waals surface area contributed by atoms with Crippen LogP contribution in [0.25, 0.3) is 0 Å². The molecule has 0 saturated heterocycles. The van der Waals surface area contributed by atoms with Gasteiger partial charge in [0.15, 0.2) is 5.82 Å². The molecule has 0 unspecified atom stereocenters. The average molecular weight is 252 g/mol. The molecule has 0 aromatic carbocycles. The fraction of sp³-hybridized carbons (Fsp3) is 0.545. The lowest BCUT2D eigenvalue weighted by atomic mass is 10.4. The molecular formula is C11H16N4OS. The number of carbonyl (C=O) groups excluding carboxylic acids is 1. The Hall–Kier alpha value is -1.30. The monoisotopic (exact) mass is 252 g/mol. The zero-order chi connectivity index (χ0) is 12.3. The standard InChI is InChI=1S/C11H16N4OS/c1-2-15(8-3-4-8)9(16)7-17-11-10(12)13-5-6-14-11/h5-6,8H,2-4,7H2,1H3,(H2,12,13). The molecular weight excluding hydrogens is 236 g/mol. The minimum atomic E-state index is 0.157. The number of hydrogen-bond donors (Lipinski definition) is 1. The molecule has 1 aromatic heterocycles. The van der Waals surface area contributed by atoms with Crippen molar-refractivity contribution in [2.75, 3.05) is 18.0 Å². The normalized spacial score (nSPS) is 14.6. The maximum Gasteiger partial charge on any atom is 0.233 e. The summed E-state index contributed by atoms with van der Waals surface area (Å²) in [5.41, 5.74) is 5.67. The number of hydrogen-bond acceptors (Lipinski definition) is 5. The third-order valence-corrected chi connectivity index (χ3v) is 3.65. The highest BCUT2D eigenvalue weighted by Gasteiger charge is 2.31. The van der Waals surface area contributed by atoms with Gasteiger partial charge in [-0.25, -0.2) is 9.97 Å². The Labute approximate surface area is 105 Å². The summed E-state index contributed by atoms with van der Waals surface area (Å²) < 4.78 is 0. The van der Waals surface area contributed by atoms with Crippen molar-refractivity contribution in [1.82, 2.24) is 14.9 Å². The van der Waals surface area contributed by atoms with Gasteiger partial charge in [0.25, 0.3) is 0 Å². The lowest BCUT2D eigenvalue weighted by Crippen LogP contribution is -2.34. The molecule has 0 aliphatic heterocycles. The average Bonchev–Trinajstić information content (AvgIpc) is 3.13. The van der Waals surface area contributed by atoms with Crippen molar-refractivity contribution in [2.24, 2.45) is 0 Å². The highest BCUT2D eigenvalue weighted by molar-refractivity contribution is 8.00. The predicted octanol–water partition coefficient (Wildman–Crippen LogP) is 1.16. The molecule has 6 heteroatoms. The van der Waals surface area contributed by atoms with Crippen molar-refractivity contribution in [2.45, 2.75) is 30.8 Å². The summed E-state index contributed by atoms with van der Waals surface area (Å²) >= 11 is 1.35. The molecule has 1 aliphatic rings. The van der Waals surface area contributed by atoms with Gasteiger partial charge in [0.1, 0.15) is 5.03 Å². The largest absolute Gasteiger partial charge is 0.381 e. The zero-order valence-electron chi connectivity index (χ0n) is 9.80. The van der Waals surface area contributed by atoms with Gasteiger partial charge in [0, 0.05) is 25.0 Å². The van der Waals surface area contributed by atoms with Crippen LogP contribution in [0.15, 0.2) is 17.4 Å². The molecule has 0 spiro atoms. The summed E-state index contributed by atoms with van der Waals surface area (Å²) in [5.74, 6) is 0.928. The zero-order valence-corrected chi connectivity index (χ0v) is 10.6. The third-order valence-electron chi connectivity index (χ3n) is 2.67. The van der Waals surface area contributed by atoms with Gasteiger partial charge >= 0.3 is 0 Å². The van der Waals surface area contributed by atoms with Crippen LogP contribution in [-0.2, 0) is 4.79 Å². The molecule has 5 nitrogen and oxygen atoms in total. The van der Waals surface area contributed by atoms with Gasteiger partial charge in [-0.15, -0.1) is 0 Å². The van der Waals surface area contributed by atoms with E-state index in [4.69, 9.17) is 5.73 Å². The first kappa shape index (κ1) is 12.2. The first-order valence-corrected chi connectivity index (χ1v) is 6.69. The van der Waals surface area contributed by atoms with Gasteiger partial charge < -0.3 is 10.6 Å². The van der Waals surface area contributed by atoms with E-state index in [1.54, 1.807) is 12.4 Å². The van der Waals surface area contributed by atoms with Crippen LogP contribution in [0.5, 0.6) is 0 Å². The second-order valence-electron chi connectivity index (χ2n) is 3.95. The van der Waals surface area contributed by atoms with Crippen LogP contribution in [-0.4, -0.2) is 39.1 Å². The second kappa shape index (κ2) is 5.35. The molecule has 0 atom stereocenters. The Kier molecular flexibility index (Phi) is 3.83. The van der Waals surface area contributed by atoms with Crippen LogP contribution in [0.4, 0.5) is 5.82 Å². The highest BCUT2D eigenvalue weighted by atomic mass is 32.2. The SMILES string of the molecule is CCN(C(=O)CSc1nccnc1N)C1CC1. The molecule has 1 aliphatic carbocycles. The first-order valence-electron chi connectivity index (χ1n) is 5.71. The van der Waals surface area contributed by atoms with E-state index in [9.17, 15) is 4.79 Å². The molecule has 1 fully saturated rings. The van der Waals surface area contributed by atoms with Crippen molar-refractivity contribution < 1.29 is 4.79 Å². The summed E-state index contributed by atoms with van der Waals surface area (Å²) in [6.07, 6.45) is 5.40. The number of carbonyl (C=O) groups is 1. The van der Waals surface area contributed by atoms with Crippen LogP contribution in [0.3, 0.4) is 0 Å². The molecule has 0 radical (unpaired) electrons. The van der Waals surface area contributed by atoms with Gasteiger partial charge in [-0.2, -0.15) is 0 Å². The number of amides is 1. The molecule has 1 heterocycles. The van der Waals surface area contributed by atoms with E-state index in [2.05, 4.69) is 9.97 Å². The van der Waals surface area contributed by atoms with Crippen LogP contribution >= 0.6 is 11.8 Å². The van der Waals surface area contributed by atoms with Crippen molar-refractivity contribution >= 4 is 23.5 Å². The van der Waals surface area contributed by atoms with Crippen LogP contribution in [0, 0.1) is 0 Å². The van der Waals surface area contributed by atoms with Gasteiger partial charge in [-0.1, -0.05) is 11.8 Å². The van der Waals surface area contributed by atoms with Gasteiger partial charge in [-0.05, 0) is 19.8 Å². The minimum absolute atomic E-state index is 0.157. The molecule has 1 aromatic rings. The lowest BCUT2D eigenvalue weighted by Gasteiger charge is -2.19. The van der Waals surface area contributed by atoms with Gasteiger partial charge in [0.2, 0.25) is 5.91 Å². The van der Waals surface area contributed by atoms with Gasteiger partial charge in [0.05, 0.1) is 5.75 Å². The van der Waals surface area contributed by atoms with Crippen LogP contribution in [0.2, 0.25) is 0 Å². The number of thioether (sulfide) groups is 1. The summed E-state index contributed by atoms with van der Waals surface area (Å²) in [4.78, 5) is 21.9. The fourth-order valence-corrected chi connectivity index (χ4v) is 2.45. The lowest BCUT2D eigenvalue weighted by molar-refractivity contribution is -0.128. The molecule has 0 bridgehead atoms. The molecule has 1 saturated carbocycles. The van der Waals surface area contributed by atoms with E-state index in [-0.39, 0.29) is 5.91 Å². The Morgan fingerprint density at radius 1 is 1.53 bits per heavy atom. The van der Waals surface area contributed by atoms with Crippen LogP contribution < -0.4 is 5.73 Å². The van der Waals surface area contributed by atoms with E-state index in [0.29, 0.717) is 22.6 Å². The van der Waals surface area contributed by atoms with E-state index in [1.165, 1.54) is 11.8 Å². The second-order valence-corrected chi connectivity index (χ2v) is 4.91. The number of nitrogens with two attached hydrogens (primary N) is 1. The smallest absolute Gasteiger partial charge is 0.233 e. The number of anilines is 1. The van der Waals surface area contributed by atoms with E-state index in [0.717, 1.165) is 19.4 Å². The van der Waals surface area contributed by atoms with Crippen molar-refractivity contribution in [3.8, 4) is 0 Å².